The SMILES string of the molecule is C=CCOc1ccc(C)nc1I. The second kappa shape index (κ2) is 4.45. The van der Waals surface area contributed by atoms with Crippen LogP contribution in [0.3, 0.4) is 0 Å². The summed E-state index contributed by atoms with van der Waals surface area (Å²) >= 11 is 2.16. The maximum Gasteiger partial charge on any atom is 0.151 e. The number of hydrogen-bond donors (Lipinski definition) is 0. The number of hydrogen-bond acceptors (Lipinski definition) is 2. The highest BCUT2D eigenvalue weighted by atomic mass is 127. The molecule has 0 atom stereocenters. The maximum absolute atomic E-state index is 5.35. The van der Waals surface area contributed by atoms with E-state index in [4.69, 9.17) is 4.74 Å². The Balaban J connectivity index is 2.78. The zero-order valence-corrected chi connectivity index (χ0v) is 9.04. The van der Waals surface area contributed by atoms with Gasteiger partial charge in [0.1, 0.15) is 10.3 Å². The van der Waals surface area contributed by atoms with Crippen LogP contribution in [0.1, 0.15) is 5.69 Å². The molecule has 0 aliphatic heterocycles. The number of halogens is 1. The predicted octanol–water partition coefficient (Wildman–Crippen LogP) is 2.56. The van der Waals surface area contributed by atoms with Crippen molar-refractivity contribution < 1.29 is 4.74 Å². The number of ether oxygens (including phenoxy) is 1. The number of rotatable bonds is 3. The lowest BCUT2D eigenvalue weighted by atomic mass is 10.4. The summed E-state index contributed by atoms with van der Waals surface area (Å²) in [6.07, 6.45) is 1.72. The van der Waals surface area contributed by atoms with Crippen LogP contribution in [0, 0.1) is 10.6 Å². The van der Waals surface area contributed by atoms with Gasteiger partial charge >= 0.3 is 0 Å². The van der Waals surface area contributed by atoms with Crippen LogP contribution in [-0.4, -0.2) is 11.6 Å². The predicted molar refractivity (Wildman–Crippen MR) is 57.4 cm³/mol. The molecule has 0 aliphatic rings. The molecule has 0 fully saturated rings. The lowest BCUT2D eigenvalue weighted by Crippen LogP contribution is -1.97. The first kappa shape index (κ1) is 9.51. The van der Waals surface area contributed by atoms with Gasteiger partial charge in [0.25, 0.3) is 0 Å². The molecule has 12 heavy (non-hydrogen) atoms. The van der Waals surface area contributed by atoms with Crippen molar-refractivity contribution in [2.75, 3.05) is 6.61 Å². The first-order valence-corrected chi connectivity index (χ1v) is 4.68. The highest BCUT2D eigenvalue weighted by Crippen LogP contribution is 2.18. The van der Waals surface area contributed by atoms with Crippen LogP contribution in [0.4, 0.5) is 0 Å². The van der Waals surface area contributed by atoms with Gasteiger partial charge in [-0.2, -0.15) is 0 Å². The lowest BCUT2D eigenvalue weighted by molar-refractivity contribution is 0.358. The molecule has 0 spiro atoms. The van der Waals surface area contributed by atoms with E-state index in [0.29, 0.717) is 6.61 Å². The monoisotopic (exact) mass is 275 g/mol. The quantitative estimate of drug-likeness (QED) is 0.480. The van der Waals surface area contributed by atoms with Crippen LogP contribution >= 0.6 is 22.6 Å². The van der Waals surface area contributed by atoms with Gasteiger partial charge in [0.05, 0.1) is 0 Å². The van der Waals surface area contributed by atoms with Gasteiger partial charge in [-0.15, -0.1) is 0 Å². The van der Waals surface area contributed by atoms with Gasteiger partial charge < -0.3 is 4.74 Å². The normalized spacial score (nSPS) is 9.50. The van der Waals surface area contributed by atoms with Crippen molar-refractivity contribution >= 4 is 22.6 Å². The van der Waals surface area contributed by atoms with E-state index in [1.165, 1.54) is 0 Å². The molecule has 2 nitrogen and oxygen atoms in total. The highest BCUT2D eigenvalue weighted by molar-refractivity contribution is 14.1. The summed E-state index contributed by atoms with van der Waals surface area (Å²) in [5, 5.41) is 0. The van der Waals surface area contributed by atoms with Crippen LogP contribution in [-0.2, 0) is 0 Å². The largest absolute Gasteiger partial charge is 0.487 e. The Kier molecular flexibility index (Phi) is 3.52. The minimum atomic E-state index is 0.529. The lowest BCUT2D eigenvalue weighted by Gasteiger charge is -2.04. The average Bonchev–Trinajstić information content (AvgIpc) is 2.03. The van der Waals surface area contributed by atoms with E-state index in [-0.39, 0.29) is 0 Å². The average molecular weight is 275 g/mol. The Bertz CT molecular complexity index is 286. The summed E-state index contributed by atoms with van der Waals surface area (Å²) in [6.45, 7) is 6.06. The van der Waals surface area contributed by atoms with E-state index < -0.39 is 0 Å². The summed E-state index contributed by atoms with van der Waals surface area (Å²) in [5.74, 6) is 0.820. The topological polar surface area (TPSA) is 22.1 Å². The second-order valence-corrected chi connectivity index (χ2v) is 3.36. The molecule has 0 bridgehead atoms. The molecule has 3 heteroatoms. The maximum atomic E-state index is 5.35. The molecule has 0 N–H and O–H groups in total. The fraction of sp³-hybridized carbons (Fsp3) is 0.222. The molecule has 0 aromatic carbocycles. The van der Waals surface area contributed by atoms with Gasteiger partial charge in [0.15, 0.2) is 5.75 Å². The molecular formula is C9H10INO. The zero-order chi connectivity index (χ0) is 8.97. The van der Waals surface area contributed by atoms with Crippen LogP contribution < -0.4 is 4.74 Å². The van der Waals surface area contributed by atoms with Gasteiger partial charge in [-0.1, -0.05) is 12.7 Å². The van der Waals surface area contributed by atoms with E-state index >= 15 is 0 Å². The molecule has 0 unspecified atom stereocenters. The molecule has 0 saturated carbocycles. The van der Waals surface area contributed by atoms with Crippen LogP contribution in [0.15, 0.2) is 24.8 Å². The van der Waals surface area contributed by atoms with Gasteiger partial charge in [-0.05, 0) is 41.6 Å². The Morgan fingerprint density at radius 2 is 2.42 bits per heavy atom. The standard InChI is InChI=1S/C9H10INO/c1-3-6-12-8-5-4-7(2)11-9(8)10/h3-5H,1,6H2,2H3. The smallest absolute Gasteiger partial charge is 0.151 e. The van der Waals surface area contributed by atoms with Crippen molar-refractivity contribution in [3.63, 3.8) is 0 Å². The molecule has 0 saturated heterocycles. The van der Waals surface area contributed by atoms with E-state index in [1.54, 1.807) is 6.08 Å². The first-order chi connectivity index (χ1) is 5.74. The van der Waals surface area contributed by atoms with E-state index in [9.17, 15) is 0 Å². The summed E-state index contributed by atoms with van der Waals surface area (Å²) in [4.78, 5) is 4.25. The van der Waals surface area contributed by atoms with Crippen LogP contribution in [0.25, 0.3) is 0 Å². The fourth-order valence-electron chi connectivity index (χ4n) is 0.769. The number of aryl methyl sites for hydroxylation is 1. The summed E-state index contributed by atoms with van der Waals surface area (Å²) in [5.41, 5.74) is 1.00. The number of aromatic nitrogens is 1. The molecule has 1 aromatic rings. The van der Waals surface area contributed by atoms with Crippen LogP contribution in [0.2, 0.25) is 0 Å². The van der Waals surface area contributed by atoms with E-state index in [0.717, 1.165) is 15.1 Å². The first-order valence-electron chi connectivity index (χ1n) is 3.61. The summed E-state index contributed by atoms with van der Waals surface area (Å²) in [6, 6.07) is 3.86. The van der Waals surface area contributed by atoms with Gasteiger partial charge in [0, 0.05) is 5.69 Å². The third kappa shape index (κ3) is 2.48. The minimum Gasteiger partial charge on any atom is -0.487 e. The molecule has 1 aromatic heterocycles. The Morgan fingerprint density at radius 3 is 3.00 bits per heavy atom. The Labute approximate surface area is 85.8 Å². The zero-order valence-electron chi connectivity index (χ0n) is 6.88. The Morgan fingerprint density at radius 1 is 1.67 bits per heavy atom. The summed E-state index contributed by atoms with van der Waals surface area (Å²) < 4.78 is 6.25. The molecule has 0 aliphatic carbocycles. The van der Waals surface area contributed by atoms with Gasteiger partial charge in [0.2, 0.25) is 0 Å². The van der Waals surface area contributed by atoms with Gasteiger partial charge in [-0.3, -0.25) is 0 Å². The van der Waals surface area contributed by atoms with E-state index in [1.807, 2.05) is 19.1 Å². The van der Waals surface area contributed by atoms with Crippen molar-refractivity contribution in [3.8, 4) is 5.75 Å². The Hall–Kier alpha value is -0.580. The van der Waals surface area contributed by atoms with Gasteiger partial charge in [-0.25, -0.2) is 4.98 Å². The fourth-order valence-corrected chi connectivity index (χ4v) is 1.48. The molecule has 0 radical (unpaired) electrons. The second-order valence-electron chi connectivity index (χ2n) is 2.34. The van der Waals surface area contributed by atoms with Crippen molar-refractivity contribution in [2.24, 2.45) is 0 Å². The number of pyridine rings is 1. The van der Waals surface area contributed by atoms with Crippen molar-refractivity contribution in [2.45, 2.75) is 6.92 Å². The molecule has 1 rings (SSSR count). The third-order valence-electron chi connectivity index (χ3n) is 1.31. The molecule has 64 valence electrons. The van der Waals surface area contributed by atoms with Crippen molar-refractivity contribution in [3.05, 3.63) is 34.2 Å². The molecular weight excluding hydrogens is 265 g/mol. The molecule has 1 heterocycles. The summed E-state index contributed by atoms with van der Waals surface area (Å²) in [7, 11) is 0. The minimum absolute atomic E-state index is 0.529. The van der Waals surface area contributed by atoms with Crippen molar-refractivity contribution in [1.82, 2.24) is 4.98 Å². The van der Waals surface area contributed by atoms with Crippen molar-refractivity contribution in [1.29, 1.82) is 0 Å². The molecule has 0 amide bonds. The van der Waals surface area contributed by atoms with Crippen LogP contribution in [0.5, 0.6) is 5.75 Å². The third-order valence-corrected chi connectivity index (χ3v) is 2.08. The number of nitrogens with zero attached hydrogens (tertiary/aromatic N) is 1. The van der Waals surface area contributed by atoms with E-state index in [2.05, 4.69) is 34.2 Å². The highest BCUT2D eigenvalue weighted by Gasteiger charge is 2.00.